The highest BCUT2D eigenvalue weighted by atomic mass is 16.5. The number of carbonyl (C=O) groups excluding carboxylic acids is 1. The van der Waals surface area contributed by atoms with Crippen LogP contribution in [0, 0.1) is 0 Å². The number of hydrogen-bond donors (Lipinski definition) is 2. The summed E-state index contributed by atoms with van der Waals surface area (Å²) < 4.78 is 5.10. The van der Waals surface area contributed by atoms with Gasteiger partial charge in [0.05, 0.1) is 13.2 Å². The standard InChI is InChI=1S/C10H22N2O2/c1-4-9(3)12-8-10(13)11-6-7-14-5-2/h9,12H,4-8H2,1-3H3,(H,11,13). The van der Waals surface area contributed by atoms with E-state index in [-0.39, 0.29) is 5.91 Å². The van der Waals surface area contributed by atoms with Crippen LogP contribution in [0.5, 0.6) is 0 Å². The predicted molar refractivity (Wildman–Crippen MR) is 57.3 cm³/mol. The summed E-state index contributed by atoms with van der Waals surface area (Å²) in [6.45, 7) is 8.35. The fourth-order valence-electron chi connectivity index (χ4n) is 0.881. The largest absolute Gasteiger partial charge is 0.380 e. The first-order valence-electron chi connectivity index (χ1n) is 5.28. The van der Waals surface area contributed by atoms with Crippen molar-refractivity contribution in [2.75, 3.05) is 26.3 Å². The number of carbonyl (C=O) groups is 1. The minimum Gasteiger partial charge on any atom is -0.380 e. The first-order chi connectivity index (χ1) is 6.70. The molecule has 1 unspecified atom stereocenters. The number of rotatable bonds is 8. The van der Waals surface area contributed by atoms with Crippen molar-refractivity contribution in [3.8, 4) is 0 Å². The van der Waals surface area contributed by atoms with Crippen LogP contribution in [0.2, 0.25) is 0 Å². The lowest BCUT2D eigenvalue weighted by molar-refractivity contribution is -0.120. The third-order valence-corrected chi connectivity index (χ3v) is 2.00. The summed E-state index contributed by atoms with van der Waals surface area (Å²) >= 11 is 0. The zero-order valence-electron chi connectivity index (χ0n) is 9.43. The van der Waals surface area contributed by atoms with E-state index in [4.69, 9.17) is 4.74 Å². The van der Waals surface area contributed by atoms with Crippen molar-refractivity contribution in [3.63, 3.8) is 0 Å². The Bertz CT molecular complexity index is 151. The molecule has 1 atom stereocenters. The van der Waals surface area contributed by atoms with Crippen molar-refractivity contribution in [1.29, 1.82) is 0 Å². The molecule has 1 amide bonds. The monoisotopic (exact) mass is 202 g/mol. The lowest BCUT2D eigenvalue weighted by atomic mass is 10.2. The van der Waals surface area contributed by atoms with Gasteiger partial charge in [0.15, 0.2) is 0 Å². The number of hydrogen-bond acceptors (Lipinski definition) is 3. The Kier molecular flexibility index (Phi) is 8.57. The van der Waals surface area contributed by atoms with Crippen LogP contribution in [0.25, 0.3) is 0 Å². The van der Waals surface area contributed by atoms with E-state index < -0.39 is 0 Å². The van der Waals surface area contributed by atoms with Gasteiger partial charge in [0.2, 0.25) is 5.91 Å². The molecular formula is C10H22N2O2. The normalized spacial score (nSPS) is 12.5. The van der Waals surface area contributed by atoms with Crippen LogP contribution >= 0.6 is 0 Å². The lowest BCUT2D eigenvalue weighted by Crippen LogP contribution is -2.38. The molecule has 2 N–H and O–H groups in total. The van der Waals surface area contributed by atoms with Gasteiger partial charge in [0.25, 0.3) is 0 Å². The molecule has 0 aliphatic carbocycles. The van der Waals surface area contributed by atoms with Crippen molar-refractivity contribution < 1.29 is 9.53 Å². The molecule has 0 heterocycles. The van der Waals surface area contributed by atoms with E-state index >= 15 is 0 Å². The smallest absolute Gasteiger partial charge is 0.234 e. The molecule has 0 bridgehead atoms. The van der Waals surface area contributed by atoms with Gasteiger partial charge in [-0.05, 0) is 20.3 Å². The Labute approximate surface area is 86.4 Å². The van der Waals surface area contributed by atoms with Crippen LogP contribution < -0.4 is 10.6 Å². The molecule has 0 aromatic rings. The van der Waals surface area contributed by atoms with Crippen molar-refractivity contribution in [1.82, 2.24) is 10.6 Å². The molecule has 0 fully saturated rings. The summed E-state index contributed by atoms with van der Waals surface area (Å²) in [5.74, 6) is 0.0324. The van der Waals surface area contributed by atoms with E-state index in [1.165, 1.54) is 0 Å². The quantitative estimate of drug-likeness (QED) is 0.564. The molecule has 0 rings (SSSR count). The minimum absolute atomic E-state index is 0.0324. The van der Waals surface area contributed by atoms with E-state index in [1.807, 2.05) is 6.92 Å². The molecule has 0 aliphatic heterocycles. The third-order valence-electron chi connectivity index (χ3n) is 2.00. The summed E-state index contributed by atoms with van der Waals surface area (Å²) in [4.78, 5) is 11.2. The molecule has 0 spiro atoms. The molecule has 0 saturated heterocycles. The van der Waals surface area contributed by atoms with Gasteiger partial charge >= 0.3 is 0 Å². The average Bonchev–Trinajstić information content (AvgIpc) is 2.21. The zero-order chi connectivity index (χ0) is 10.8. The Morgan fingerprint density at radius 2 is 2.14 bits per heavy atom. The maximum atomic E-state index is 11.2. The van der Waals surface area contributed by atoms with Gasteiger partial charge in [-0.2, -0.15) is 0 Å². The van der Waals surface area contributed by atoms with Gasteiger partial charge in [0, 0.05) is 19.2 Å². The number of amides is 1. The SMILES string of the molecule is CCOCCNC(=O)CNC(C)CC. The Morgan fingerprint density at radius 3 is 2.71 bits per heavy atom. The summed E-state index contributed by atoms with van der Waals surface area (Å²) in [6.07, 6.45) is 1.03. The van der Waals surface area contributed by atoms with Gasteiger partial charge < -0.3 is 15.4 Å². The molecule has 4 nitrogen and oxygen atoms in total. The van der Waals surface area contributed by atoms with E-state index in [1.54, 1.807) is 0 Å². The number of ether oxygens (including phenoxy) is 1. The molecule has 14 heavy (non-hydrogen) atoms. The highest BCUT2D eigenvalue weighted by molar-refractivity contribution is 5.77. The maximum absolute atomic E-state index is 11.2. The van der Waals surface area contributed by atoms with Crippen LogP contribution in [0.1, 0.15) is 27.2 Å². The molecule has 0 saturated carbocycles. The fourth-order valence-corrected chi connectivity index (χ4v) is 0.881. The highest BCUT2D eigenvalue weighted by Crippen LogP contribution is 1.85. The van der Waals surface area contributed by atoms with E-state index in [0.717, 1.165) is 6.42 Å². The van der Waals surface area contributed by atoms with Crippen LogP contribution in [0.15, 0.2) is 0 Å². The van der Waals surface area contributed by atoms with Crippen LogP contribution in [-0.2, 0) is 9.53 Å². The second-order valence-corrected chi connectivity index (χ2v) is 3.24. The van der Waals surface area contributed by atoms with Crippen LogP contribution in [0.3, 0.4) is 0 Å². The average molecular weight is 202 g/mol. The summed E-state index contributed by atoms with van der Waals surface area (Å²) in [5.41, 5.74) is 0. The maximum Gasteiger partial charge on any atom is 0.234 e. The molecule has 0 aromatic heterocycles. The zero-order valence-corrected chi connectivity index (χ0v) is 9.43. The third kappa shape index (κ3) is 8.01. The Hall–Kier alpha value is -0.610. The van der Waals surface area contributed by atoms with Crippen molar-refractivity contribution in [2.24, 2.45) is 0 Å². The topological polar surface area (TPSA) is 50.4 Å². The predicted octanol–water partition coefficient (Wildman–Crippen LogP) is 0.527. The summed E-state index contributed by atoms with van der Waals surface area (Å²) in [5, 5.41) is 5.89. The van der Waals surface area contributed by atoms with E-state index in [0.29, 0.717) is 32.3 Å². The molecule has 4 heteroatoms. The molecule has 0 aliphatic rings. The first kappa shape index (κ1) is 13.4. The molecular weight excluding hydrogens is 180 g/mol. The first-order valence-corrected chi connectivity index (χ1v) is 5.28. The summed E-state index contributed by atoms with van der Waals surface area (Å²) in [6, 6.07) is 0.396. The van der Waals surface area contributed by atoms with Crippen molar-refractivity contribution >= 4 is 5.91 Å². The van der Waals surface area contributed by atoms with Gasteiger partial charge in [-0.1, -0.05) is 6.92 Å². The molecule has 0 radical (unpaired) electrons. The molecule has 84 valence electrons. The Morgan fingerprint density at radius 1 is 1.43 bits per heavy atom. The van der Waals surface area contributed by atoms with Crippen LogP contribution in [0.4, 0.5) is 0 Å². The minimum atomic E-state index is 0.0324. The van der Waals surface area contributed by atoms with Gasteiger partial charge in [-0.25, -0.2) is 0 Å². The second-order valence-electron chi connectivity index (χ2n) is 3.24. The number of nitrogens with one attached hydrogen (secondary N) is 2. The van der Waals surface area contributed by atoms with Gasteiger partial charge in [-0.15, -0.1) is 0 Å². The van der Waals surface area contributed by atoms with Crippen LogP contribution in [-0.4, -0.2) is 38.3 Å². The van der Waals surface area contributed by atoms with Gasteiger partial charge in [-0.3, -0.25) is 4.79 Å². The van der Waals surface area contributed by atoms with E-state index in [9.17, 15) is 4.79 Å². The second kappa shape index (κ2) is 8.97. The summed E-state index contributed by atoms with van der Waals surface area (Å²) in [7, 11) is 0. The van der Waals surface area contributed by atoms with Crippen molar-refractivity contribution in [2.45, 2.75) is 33.2 Å². The lowest BCUT2D eigenvalue weighted by Gasteiger charge is -2.11. The van der Waals surface area contributed by atoms with Gasteiger partial charge in [0.1, 0.15) is 0 Å². The fraction of sp³-hybridized carbons (Fsp3) is 0.900. The van der Waals surface area contributed by atoms with E-state index in [2.05, 4.69) is 24.5 Å². The Balaban J connectivity index is 3.28. The van der Waals surface area contributed by atoms with Crippen molar-refractivity contribution in [3.05, 3.63) is 0 Å². The highest BCUT2D eigenvalue weighted by Gasteiger charge is 2.02. The molecule has 0 aromatic carbocycles.